The normalized spacial score (nSPS) is 27.2. The van der Waals surface area contributed by atoms with Crippen LogP contribution in [0.3, 0.4) is 0 Å². The van der Waals surface area contributed by atoms with Crippen LogP contribution < -0.4 is 10.1 Å². The van der Waals surface area contributed by atoms with Crippen LogP contribution in [0.25, 0.3) is 0 Å². The highest BCUT2D eigenvalue weighted by atomic mass is 79.9. The molecule has 1 aliphatic heterocycles. The molecule has 1 amide bonds. The summed E-state index contributed by atoms with van der Waals surface area (Å²) >= 11 is 9.72. The van der Waals surface area contributed by atoms with E-state index in [0.29, 0.717) is 29.4 Å². The molecule has 0 radical (unpaired) electrons. The van der Waals surface area contributed by atoms with E-state index >= 15 is 0 Å². The highest BCUT2D eigenvalue weighted by molar-refractivity contribution is 9.10. The first-order chi connectivity index (χ1) is 18.8. The van der Waals surface area contributed by atoms with E-state index in [0.717, 1.165) is 4.47 Å². The molecule has 3 N–H and O–H groups in total. The van der Waals surface area contributed by atoms with E-state index in [4.69, 9.17) is 25.8 Å². The predicted octanol–water partition coefficient (Wildman–Crippen LogP) is 4.26. The summed E-state index contributed by atoms with van der Waals surface area (Å²) in [7, 11) is 0. The van der Waals surface area contributed by atoms with Crippen LogP contribution in [0.2, 0.25) is 5.02 Å². The SMILES string of the molecule is CCOC(CNC(=O)C1C(O)C2(O)c3ncc(Cl)cc3OC2(c2ccc(Br)cc2)C1c1ccccc1)OCC. The average molecular weight is 618 g/mol. The monoisotopic (exact) mass is 616 g/mol. The van der Waals surface area contributed by atoms with E-state index in [1.807, 2.05) is 68.4 Å². The lowest BCUT2D eigenvalue weighted by molar-refractivity contribution is -0.157. The Bertz CT molecular complexity index is 1320. The number of carbonyl (C=O) groups excluding carboxylic acids is 1. The minimum Gasteiger partial charge on any atom is -0.476 e. The van der Waals surface area contributed by atoms with Crippen LogP contribution in [0.4, 0.5) is 0 Å². The molecule has 8 nitrogen and oxygen atoms in total. The first kappa shape index (κ1) is 28.0. The van der Waals surface area contributed by atoms with E-state index in [1.54, 1.807) is 6.07 Å². The smallest absolute Gasteiger partial charge is 0.226 e. The predicted molar refractivity (Wildman–Crippen MR) is 148 cm³/mol. The molecule has 2 aromatic carbocycles. The second kappa shape index (κ2) is 11.2. The number of hydrogen-bond donors (Lipinski definition) is 3. The third-order valence-corrected chi connectivity index (χ3v) is 8.20. The van der Waals surface area contributed by atoms with Gasteiger partial charge >= 0.3 is 0 Å². The van der Waals surface area contributed by atoms with Crippen molar-refractivity contribution < 1.29 is 29.2 Å². The number of rotatable bonds is 9. The number of ether oxygens (including phenoxy) is 3. The lowest BCUT2D eigenvalue weighted by atomic mass is 9.71. The number of amides is 1. The summed E-state index contributed by atoms with van der Waals surface area (Å²) in [6.45, 7) is 4.56. The number of pyridine rings is 1. The molecule has 5 unspecified atom stereocenters. The first-order valence-electron chi connectivity index (χ1n) is 12.8. The number of benzene rings is 2. The Morgan fingerprint density at radius 1 is 1.15 bits per heavy atom. The Kier molecular flexibility index (Phi) is 8.01. The van der Waals surface area contributed by atoms with E-state index in [2.05, 4.69) is 26.2 Å². The molecule has 3 aromatic rings. The quantitative estimate of drug-likeness (QED) is 0.308. The number of fused-ring (bicyclic) bond motifs is 3. The van der Waals surface area contributed by atoms with Crippen molar-refractivity contribution in [2.75, 3.05) is 19.8 Å². The number of aliphatic hydroxyl groups excluding tert-OH is 1. The molecule has 1 aliphatic carbocycles. The van der Waals surface area contributed by atoms with Gasteiger partial charge < -0.3 is 29.7 Å². The number of nitrogens with zero attached hydrogens (tertiary/aromatic N) is 1. The summed E-state index contributed by atoms with van der Waals surface area (Å²) in [5.41, 5.74) is -2.27. The fourth-order valence-corrected chi connectivity index (χ4v) is 6.37. The van der Waals surface area contributed by atoms with Gasteiger partial charge in [-0.15, -0.1) is 0 Å². The lowest BCUT2D eigenvalue weighted by Gasteiger charge is -2.40. The standard InChI is InChI=1S/C29H30BrClN2O6/c1-3-37-22(38-4-2)16-33-27(35)23-24(17-8-6-5-7-9-17)29(18-10-12-19(30)13-11-18)28(36,26(23)34)25-21(39-29)14-20(31)15-32-25/h5-15,22-24,26,34,36H,3-4,16H2,1-2H3,(H,33,35). The Morgan fingerprint density at radius 3 is 2.46 bits per heavy atom. The second-order valence-electron chi connectivity index (χ2n) is 9.56. The number of halogens is 2. The molecule has 1 saturated carbocycles. The van der Waals surface area contributed by atoms with Crippen LogP contribution in [-0.4, -0.2) is 53.3 Å². The van der Waals surface area contributed by atoms with Gasteiger partial charge in [0.05, 0.1) is 17.5 Å². The molecule has 2 aliphatic rings. The number of carbonyl (C=O) groups is 1. The van der Waals surface area contributed by atoms with Gasteiger partial charge in [-0.2, -0.15) is 0 Å². The van der Waals surface area contributed by atoms with E-state index < -0.39 is 41.3 Å². The van der Waals surface area contributed by atoms with Gasteiger partial charge in [0.15, 0.2) is 17.5 Å². The van der Waals surface area contributed by atoms with Gasteiger partial charge in [0.25, 0.3) is 0 Å². The van der Waals surface area contributed by atoms with Gasteiger partial charge in [0, 0.05) is 35.9 Å². The lowest BCUT2D eigenvalue weighted by Crippen LogP contribution is -2.52. The van der Waals surface area contributed by atoms with Crippen molar-refractivity contribution in [2.45, 2.75) is 43.4 Å². The molecule has 5 atom stereocenters. The van der Waals surface area contributed by atoms with Crippen molar-refractivity contribution in [2.24, 2.45) is 5.92 Å². The second-order valence-corrected chi connectivity index (χ2v) is 10.9. The Balaban J connectivity index is 1.68. The summed E-state index contributed by atoms with van der Waals surface area (Å²) in [6, 6.07) is 18.1. The molecule has 2 heterocycles. The molecule has 206 valence electrons. The van der Waals surface area contributed by atoms with Crippen molar-refractivity contribution >= 4 is 33.4 Å². The first-order valence-corrected chi connectivity index (χ1v) is 14.0. The van der Waals surface area contributed by atoms with Crippen molar-refractivity contribution in [1.82, 2.24) is 10.3 Å². The van der Waals surface area contributed by atoms with Crippen molar-refractivity contribution in [3.05, 3.63) is 93.2 Å². The maximum atomic E-state index is 13.9. The van der Waals surface area contributed by atoms with Crippen molar-refractivity contribution in [3.63, 3.8) is 0 Å². The maximum Gasteiger partial charge on any atom is 0.226 e. The largest absolute Gasteiger partial charge is 0.476 e. The zero-order chi connectivity index (χ0) is 27.8. The molecular formula is C29H30BrClN2O6. The molecule has 5 rings (SSSR count). The average Bonchev–Trinajstić information content (AvgIpc) is 3.30. The molecule has 10 heteroatoms. The third-order valence-electron chi connectivity index (χ3n) is 7.47. The fourth-order valence-electron chi connectivity index (χ4n) is 5.96. The Labute approximate surface area is 240 Å². The molecule has 1 aromatic heterocycles. The Hall–Kier alpha value is -2.53. The van der Waals surface area contributed by atoms with Gasteiger partial charge in [0.1, 0.15) is 17.5 Å². The van der Waals surface area contributed by atoms with Crippen molar-refractivity contribution in [1.29, 1.82) is 0 Å². The maximum absolute atomic E-state index is 13.9. The molecule has 39 heavy (non-hydrogen) atoms. The number of hydrogen-bond acceptors (Lipinski definition) is 7. The van der Waals surface area contributed by atoms with E-state index in [9.17, 15) is 15.0 Å². The molecule has 0 spiro atoms. The molecule has 0 bridgehead atoms. The van der Waals surface area contributed by atoms with Gasteiger partial charge in [-0.3, -0.25) is 9.78 Å². The van der Waals surface area contributed by atoms with Crippen LogP contribution in [-0.2, 0) is 25.5 Å². The Morgan fingerprint density at radius 2 is 1.82 bits per heavy atom. The number of aromatic nitrogens is 1. The topological polar surface area (TPSA) is 110 Å². The van der Waals surface area contributed by atoms with Gasteiger partial charge in [-0.05, 0) is 37.1 Å². The summed E-state index contributed by atoms with van der Waals surface area (Å²) in [6.07, 6.45) is -0.841. The molecule has 0 saturated heterocycles. The summed E-state index contributed by atoms with van der Waals surface area (Å²) < 4.78 is 18.6. The van der Waals surface area contributed by atoms with Crippen molar-refractivity contribution in [3.8, 4) is 5.75 Å². The molecule has 1 fully saturated rings. The van der Waals surface area contributed by atoms with Gasteiger partial charge in [0.2, 0.25) is 5.91 Å². The number of aliphatic hydroxyl groups is 2. The van der Waals surface area contributed by atoms with Crippen LogP contribution in [0.15, 0.2) is 71.3 Å². The van der Waals surface area contributed by atoms with Gasteiger partial charge in [-0.25, -0.2) is 0 Å². The third kappa shape index (κ3) is 4.55. The molecular weight excluding hydrogens is 588 g/mol. The van der Waals surface area contributed by atoms with E-state index in [1.165, 1.54) is 6.20 Å². The number of nitrogens with one attached hydrogen (secondary N) is 1. The van der Waals surface area contributed by atoms with Crippen LogP contribution in [0, 0.1) is 5.92 Å². The minimum atomic E-state index is -2.08. The van der Waals surface area contributed by atoms with Crippen LogP contribution >= 0.6 is 27.5 Å². The van der Waals surface area contributed by atoms with Gasteiger partial charge in [-0.1, -0.05) is 70.0 Å². The zero-order valence-electron chi connectivity index (χ0n) is 21.5. The highest BCUT2D eigenvalue weighted by Gasteiger charge is 2.78. The summed E-state index contributed by atoms with van der Waals surface area (Å²) in [4.78, 5) is 18.3. The highest BCUT2D eigenvalue weighted by Crippen LogP contribution is 2.68. The minimum absolute atomic E-state index is 0.0697. The van der Waals surface area contributed by atoms with Crippen LogP contribution in [0.1, 0.15) is 36.6 Å². The summed E-state index contributed by atoms with van der Waals surface area (Å²) in [5.74, 6) is -2.15. The summed E-state index contributed by atoms with van der Waals surface area (Å²) in [5, 5.41) is 27.7. The zero-order valence-corrected chi connectivity index (χ0v) is 23.9. The van der Waals surface area contributed by atoms with E-state index in [-0.39, 0.29) is 18.0 Å². The van der Waals surface area contributed by atoms with Crippen LogP contribution in [0.5, 0.6) is 5.75 Å². The fraction of sp³-hybridized carbons (Fsp3) is 0.379.